The van der Waals surface area contributed by atoms with Crippen molar-refractivity contribution in [1.82, 2.24) is 0 Å². The molecule has 0 aliphatic heterocycles. The third-order valence-corrected chi connectivity index (χ3v) is 3.93. The van der Waals surface area contributed by atoms with Gasteiger partial charge in [-0.05, 0) is 62.2 Å². The van der Waals surface area contributed by atoms with Crippen molar-refractivity contribution in [1.29, 1.82) is 0 Å². The summed E-state index contributed by atoms with van der Waals surface area (Å²) >= 11 is 6.06. The Morgan fingerprint density at radius 3 is 2.56 bits per heavy atom. The van der Waals surface area contributed by atoms with Crippen molar-refractivity contribution < 1.29 is 14.3 Å². The lowest BCUT2D eigenvalue weighted by Crippen LogP contribution is -2.09. The van der Waals surface area contributed by atoms with Crippen LogP contribution in [-0.4, -0.2) is 19.1 Å². The normalized spacial score (nSPS) is 10.7. The number of benzene rings is 2. The summed E-state index contributed by atoms with van der Waals surface area (Å²) in [5.41, 5.74) is 2.39. The van der Waals surface area contributed by atoms with Crippen molar-refractivity contribution in [2.45, 2.75) is 20.8 Å². The smallest absolute Gasteiger partial charge is 0.248 e. The quantitative estimate of drug-likeness (QED) is 0.700. The number of ether oxygens (including phenoxy) is 2. The van der Waals surface area contributed by atoms with E-state index >= 15 is 0 Å². The molecule has 0 heterocycles. The van der Waals surface area contributed by atoms with Gasteiger partial charge in [0, 0.05) is 16.8 Å². The molecule has 25 heavy (non-hydrogen) atoms. The SMILES string of the molecule is CCOc1ccc(C=CC(=O)Nc2cccc(Cl)c2C)cc1OCC. The zero-order valence-electron chi connectivity index (χ0n) is 14.6. The molecule has 0 unspecified atom stereocenters. The summed E-state index contributed by atoms with van der Waals surface area (Å²) in [7, 11) is 0. The van der Waals surface area contributed by atoms with Crippen LogP contribution in [0.3, 0.4) is 0 Å². The lowest BCUT2D eigenvalue weighted by Gasteiger charge is -2.11. The molecule has 1 N–H and O–H groups in total. The minimum atomic E-state index is -0.225. The van der Waals surface area contributed by atoms with E-state index in [0.717, 1.165) is 11.1 Å². The first-order chi connectivity index (χ1) is 12.0. The highest BCUT2D eigenvalue weighted by Gasteiger charge is 2.06. The number of rotatable bonds is 7. The number of hydrogen-bond acceptors (Lipinski definition) is 3. The van der Waals surface area contributed by atoms with Crippen LogP contribution in [0.4, 0.5) is 5.69 Å². The van der Waals surface area contributed by atoms with Crippen molar-refractivity contribution in [3.8, 4) is 11.5 Å². The molecule has 2 aromatic rings. The van der Waals surface area contributed by atoms with Crippen LogP contribution in [0.5, 0.6) is 11.5 Å². The molecule has 0 aliphatic rings. The summed E-state index contributed by atoms with van der Waals surface area (Å²) in [6, 6.07) is 11.0. The molecule has 0 saturated heterocycles. The van der Waals surface area contributed by atoms with Crippen LogP contribution in [0.15, 0.2) is 42.5 Å². The molecule has 132 valence electrons. The van der Waals surface area contributed by atoms with Gasteiger partial charge < -0.3 is 14.8 Å². The molecular weight excluding hydrogens is 338 g/mol. The van der Waals surface area contributed by atoms with Crippen molar-refractivity contribution >= 4 is 29.3 Å². The lowest BCUT2D eigenvalue weighted by molar-refractivity contribution is -0.111. The van der Waals surface area contributed by atoms with E-state index in [4.69, 9.17) is 21.1 Å². The fourth-order valence-corrected chi connectivity index (χ4v) is 2.44. The number of hydrogen-bond donors (Lipinski definition) is 1. The Hall–Kier alpha value is -2.46. The van der Waals surface area contributed by atoms with Crippen molar-refractivity contribution in [3.63, 3.8) is 0 Å². The van der Waals surface area contributed by atoms with Crippen LogP contribution in [0.25, 0.3) is 6.08 Å². The second-order valence-electron chi connectivity index (χ2n) is 5.31. The maximum absolute atomic E-state index is 12.1. The first-order valence-corrected chi connectivity index (χ1v) is 8.56. The lowest BCUT2D eigenvalue weighted by atomic mass is 10.1. The Labute approximate surface area is 153 Å². The number of carbonyl (C=O) groups excluding carboxylic acids is 1. The first kappa shape index (κ1) is 18.9. The Morgan fingerprint density at radius 1 is 1.12 bits per heavy atom. The summed E-state index contributed by atoms with van der Waals surface area (Å²) < 4.78 is 11.1. The first-order valence-electron chi connectivity index (χ1n) is 8.19. The van der Waals surface area contributed by atoms with Crippen LogP contribution in [0, 0.1) is 6.92 Å². The van der Waals surface area contributed by atoms with E-state index in [1.54, 1.807) is 18.2 Å². The van der Waals surface area contributed by atoms with E-state index in [0.29, 0.717) is 35.4 Å². The number of anilines is 1. The Morgan fingerprint density at radius 2 is 1.84 bits per heavy atom. The molecule has 0 bridgehead atoms. The third kappa shape index (κ3) is 5.26. The Balaban J connectivity index is 2.11. The number of nitrogens with one attached hydrogen (secondary N) is 1. The molecule has 0 aliphatic carbocycles. The van der Waals surface area contributed by atoms with Crippen LogP contribution < -0.4 is 14.8 Å². The van der Waals surface area contributed by atoms with Gasteiger partial charge in [-0.25, -0.2) is 0 Å². The van der Waals surface area contributed by atoms with Gasteiger partial charge in [0.15, 0.2) is 11.5 Å². The van der Waals surface area contributed by atoms with Gasteiger partial charge in [0.2, 0.25) is 5.91 Å². The van der Waals surface area contributed by atoms with E-state index in [1.165, 1.54) is 6.08 Å². The van der Waals surface area contributed by atoms with Crippen molar-refractivity contribution in [2.24, 2.45) is 0 Å². The highest BCUT2D eigenvalue weighted by molar-refractivity contribution is 6.31. The molecule has 0 atom stereocenters. The number of amides is 1. The highest BCUT2D eigenvalue weighted by Crippen LogP contribution is 2.29. The fourth-order valence-electron chi connectivity index (χ4n) is 2.26. The van der Waals surface area contributed by atoms with Gasteiger partial charge in [-0.1, -0.05) is 23.7 Å². The Bertz CT molecular complexity index is 772. The average molecular weight is 360 g/mol. The van der Waals surface area contributed by atoms with Crippen LogP contribution in [0.1, 0.15) is 25.0 Å². The summed E-state index contributed by atoms with van der Waals surface area (Å²) in [6.07, 6.45) is 3.21. The molecule has 1 amide bonds. The molecule has 0 spiro atoms. The van der Waals surface area contributed by atoms with E-state index in [1.807, 2.05) is 45.0 Å². The molecular formula is C20H22ClNO3. The van der Waals surface area contributed by atoms with Crippen LogP contribution in [0.2, 0.25) is 5.02 Å². The third-order valence-electron chi connectivity index (χ3n) is 3.52. The topological polar surface area (TPSA) is 47.6 Å². The van der Waals surface area contributed by atoms with Gasteiger partial charge in [-0.15, -0.1) is 0 Å². The molecule has 2 aromatic carbocycles. The van der Waals surface area contributed by atoms with Crippen molar-refractivity contribution in [3.05, 3.63) is 58.6 Å². The molecule has 0 aromatic heterocycles. The fraction of sp³-hybridized carbons (Fsp3) is 0.250. The second-order valence-corrected chi connectivity index (χ2v) is 5.71. The van der Waals surface area contributed by atoms with E-state index in [9.17, 15) is 4.79 Å². The zero-order chi connectivity index (χ0) is 18.2. The number of carbonyl (C=O) groups is 1. The number of halogens is 1. The molecule has 0 radical (unpaired) electrons. The minimum Gasteiger partial charge on any atom is -0.490 e. The van der Waals surface area contributed by atoms with Gasteiger partial charge in [0.25, 0.3) is 0 Å². The second kappa shape index (κ2) is 9.14. The van der Waals surface area contributed by atoms with Gasteiger partial charge in [-0.3, -0.25) is 4.79 Å². The summed E-state index contributed by atoms with van der Waals surface area (Å²) in [6.45, 7) is 6.81. The monoisotopic (exact) mass is 359 g/mol. The van der Waals surface area contributed by atoms with Gasteiger partial charge in [0.05, 0.1) is 13.2 Å². The predicted octanol–water partition coefficient (Wildman–Crippen LogP) is 5.10. The van der Waals surface area contributed by atoms with Gasteiger partial charge >= 0.3 is 0 Å². The van der Waals surface area contributed by atoms with Crippen molar-refractivity contribution in [2.75, 3.05) is 18.5 Å². The van der Waals surface area contributed by atoms with E-state index in [-0.39, 0.29) is 5.91 Å². The standard InChI is InChI=1S/C20H22ClNO3/c1-4-24-18-11-9-15(13-19(18)25-5-2)10-12-20(23)22-17-8-6-7-16(21)14(17)3/h6-13H,4-5H2,1-3H3,(H,22,23). The largest absolute Gasteiger partial charge is 0.490 e. The molecule has 5 heteroatoms. The zero-order valence-corrected chi connectivity index (χ0v) is 15.4. The average Bonchev–Trinajstić information content (AvgIpc) is 2.59. The summed E-state index contributed by atoms with van der Waals surface area (Å²) in [4.78, 5) is 12.1. The van der Waals surface area contributed by atoms with E-state index < -0.39 is 0 Å². The van der Waals surface area contributed by atoms with Crippen LogP contribution in [-0.2, 0) is 4.79 Å². The molecule has 0 fully saturated rings. The maximum Gasteiger partial charge on any atom is 0.248 e. The molecule has 0 saturated carbocycles. The van der Waals surface area contributed by atoms with Gasteiger partial charge in [0.1, 0.15) is 0 Å². The minimum absolute atomic E-state index is 0.225. The molecule has 4 nitrogen and oxygen atoms in total. The van der Waals surface area contributed by atoms with E-state index in [2.05, 4.69) is 5.32 Å². The van der Waals surface area contributed by atoms with Crippen LogP contribution >= 0.6 is 11.6 Å². The maximum atomic E-state index is 12.1. The highest BCUT2D eigenvalue weighted by atomic mass is 35.5. The Kier molecular flexibility index (Phi) is 6.90. The van der Waals surface area contributed by atoms with Gasteiger partial charge in [-0.2, -0.15) is 0 Å². The summed E-state index contributed by atoms with van der Waals surface area (Å²) in [5, 5.41) is 3.45. The molecule has 2 rings (SSSR count). The summed E-state index contributed by atoms with van der Waals surface area (Å²) in [5.74, 6) is 1.13. The predicted molar refractivity (Wildman–Crippen MR) is 103 cm³/mol.